The molecule has 0 aliphatic heterocycles. The van der Waals surface area contributed by atoms with Crippen molar-refractivity contribution in [1.29, 1.82) is 0 Å². The molecule has 0 amide bonds. The summed E-state index contributed by atoms with van der Waals surface area (Å²) in [6, 6.07) is 14.6. The third kappa shape index (κ3) is 6.24. The van der Waals surface area contributed by atoms with Gasteiger partial charge in [0.1, 0.15) is 0 Å². The molecular formula is C25H27NO8S. The molecule has 3 aromatic carbocycles. The molecule has 10 heteroatoms. The summed E-state index contributed by atoms with van der Waals surface area (Å²) in [5.41, 5.74) is 1.83. The number of phenols is 1. The Hall–Kier alpha value is -3.73. The number of aromatic hydroxyl groups is 1. The summed E-state index contributed by atoms with van der Waals surface area (Å²) in [5, 5.41) is 10.4. The van der Waals surface area contributed by atoms with E-state index in [9.17, 15) is 13.5 Å². The molecule has 0 unspecified atom stereocenters. The smallest absolute Gasteiger partial charge is 0.262 e. The van der Waals surface area contributed by atoms with Gasteiger partial charge in [0.2, 0.25) is 5.75 Å². The Labute approximate surface area is 204 Å². The summed E-state index contributed by atoms with van der Waals surface area (Å²) in [4.78, 5) is 7.39. The minimum Gasteiger partial charge on any atom is -0.504 e. The average molecular weight is 502 g/mol. The fraction of sp³-hybridized carbons (Fsp3) is 0.200. The highest BCUT2D eigenvalue weighted by Crippen LogP contribution is 2.39. The zero-order valence-electron chi connectivity index (χ0n) is 19.8. The maximum atomic E-state index is 12.4. The van der Waals surface area contributed by atoms with Crippen molar-refractivity contribution >= 4 is 22.2 Å². The van der Waals surface area contributed by atoms with Crippen LogP contribution in [-0.4, -0.2) is 42.0 Å². The summed E-state index contributed by atoms with van der Waals surface area (Å²) in [6.45, 7) is -0.186. The van der Waals surface area contributed by atoms with Crippen LogP contribution in [0.25, 0.3) is 12.2 Å². The first kappa shape index (κ1) is 25.9. The first-order valence-electron chi connectivity index (χ1n) is 10.4. The van der Waals surface area contributed by atoms with Gasteiger partial charge in [0, 0.05) is 5.56 Å². The molecule has 0 saturated heterocycles. The maximum Gasteiger partial charge on any atom is 0.262 e. The molecule has 0 fully saturated rings. The van der Waals surface area contributed by atoms with Crippen LogP contribution in [0.5, 0.6) is 28.7 Å². The predicted molar refractivity (Wildman–Crippen MR) is 131 cm³/mol. The first-order chi connectivity index (χ1) is 16.8. The van der Waals surface area contributed by atoms with E-state index in [1.54, 1.807) is 48.6 Å². The van der Waals surface area contributed by atoms with Crippen molar-refractivity contribution in [2.24, 2.45) is 0 Å². The number of hydrogen-bond acceptors (Lipinski definition) is 8. The van der Waals surface area contributed by atoms with Gasteiger partial charge in [-0.3, -0.25) is 4.84 Å². The molecule has 3 aromatic rings. The number of ether oxygens (including phenoxy) is 4. The van der Waals surface area contributed by atoms with E-state index in [0.717, 1.165) is 5.56 Å². The number of methoxy groups -OCH3 is 4. The third-order valence-electron chi connectivity index (χ3n) is 4.98. The number of phenolic OH excluding ortho intramolecular Hbond substituents is 1. The van der Waals surface area contributed by atoms with Gasteiger partial charge in [-0.25, -0.2) is 8.42 Å². The lowest BCUT2D eigenvalue weighted by Crippen LogP contribution is -2.24. The summed E-state index contributed by atoms with van der Waals surface area (Å²) >= 11 is 0. The maximum absolute atomic E-state index is 12.4. The second kappa shape index (κ2) is 11.6. The summed E-state index contributed by atoms with van der Waals surface area (Å²) in [5.74, 6) is 1.54. The van der Waals surface area contributed by atoms with Crippen LogP contribution in [0.1, 0.15) is 16.7 Å². The van der Waals surface area contributed by atoms with Crippen molar-refractivity contribution in [3.05, 3.63) is 71.3 Å². The van der Waals surface area contributed by atoms with Crippen LogP contribution in [0.4, 0.5) is 0 Å². The van der Waals surface area contributed by atoms with Gasteiger partial charge in [-0.05, 0) is 47.5 Å². The molecule has 0 radical (unpaired) electrons. The molecule has 0 bridgehead atoms. The van der Waals surface area contributed by atoms with E-state index >= 15 is 0 Å². The Morgan fingerprint density at radius 3 is 1.91 bits per heavy atom. The Balaban J connectivity index is 1.83. The van der Waals surface area contributed by atoms with E-state index in [4.69, 9.17) is 23.8 Å². The number of rotatable bonds is 11. The van der Waals surface area contributed by atoms with Crippen molar-refractivity contribution in [2.75, 3.05) is 28.4 Å². The highest BCUT2D eigenvalue weighted by atomic mass is 32.2. The van der Waals surface area contributed by atoms with Crippen molar-refractivity contribution in [3.8, 4) is 28.7 Å². The Kier molecular flexibility index (Phi) is 8.58. The van der Waals surface area contributed by atoms with Gasteiger partial charge in [-0.15, -0.1) is 0 Å². The van der Waals surface area contributed by atoms with Crippen LogP contribution in [0.15, 0.2) is 59.5 Å². The molecule has 0 saturated carbocycles. The van der Waals surface area contributed by atoms with Crippen LogP contribution >= 0.6 is 0 Å². The van der Waals surface area contributed by atoms with E-state index < -0.39 is 10.0 Å². The fourth-order valence-corrected chi connectivity index (χ4v) is 4.18. The lowest BCUT2D eigenvalue weighted by molar-refractivity contribution is 0.0778. The molecule has 0 spiro atoms. The van der Waals surface area contributed by atoms with E-state index in [0.29, 0.717) is 28.4 Å². The molecule has 9 nitrogen and oxygen atoms in total. The molecule has 0 aliphatic carbocycles. The van der Waals surface area contributed by atoms with Crippen LogP contribution in [-0.2, 0) is 21.5 Å². The van der Waals surface area contributed by atoms with Crippen molar-refractivity contribution in [1.82, 2.24) is 4.89 Å². The minimum atomic E-state index is -3.86. The normalized spacial score (nSPS) is 11.4. The molecule has 0 aromatic heterocycles. The van der Waals surface area contributed by atoms with Crippen LogP contribution < -0.4 is 23.8 Å². The molecular weight excluding hydrogens is 474 g/mol. The van der Waals surface area contributed by atoms with Gasteiger partial charge in [0.15, 0.2) is 23.0 Å². The molecule has 3 rings (SSSR count). The predicted octanol–water partition coefficient (Wildman–Crippen LogP) is 4.01. The number of hydrogen-bond donors (Lipinski definition) is 2. The summed E-state index contributed by atoms with van der Waals surface area (Å²) in [6.07, 6.45) is 3.56. The van der Waals surface area contributed by atoms with Crippen molar-refractivity contribution < 1.29 is 37.3 Å². The molecule has 0 heterocycles. The van der Waals surface area contributed by atoms with Crippen molar-refractivity contribution in [2.45, 2.75) is 11.5 Å². The highest BCUT2D eigenvalue weighted by molar-refractivity contribution is 7.89. The van der Waals surface area contributed by atoms with E-state index in [1.165, 1.54) is 46.6 Å². The molecule has 186 valence electrons. The second-order valence-corrected chi connectivity index (χ2v) is 8.86. The summed E-state index contributed by atoms with van der Waals surface area (Å²) < 4.78 is 46.1. The zero-order chi connectivity index (χ0) is 25.4. The Morgan fingerprint density at radius 1 is 0.800 bits per heavy atom. The van der Waals surface area contributed by atoms with Gasteiger partial charge in [-0.2, -0.15) is 0 Å². The minimum absolute atomic E-state index is 0.0665. The standard InChI is InChI=1S/C25H27NO8S/c1-30-22-14-18(15-23(31-2)25(22)33-4)11-10-17-12-19(24(32-3)21(27)13-17)16-34-26-35(28,29)20-8-6-5-7-9-20/h5-15,26-27H,16H2,1-4H3/b11-10-. The van der Waals surface area contributed by atoms with E-state index in [1.807, 2.05) is 0 Å². The van der Waals surface area contributed by atoms with Crippen molar-refractivity contribution in [3.63, 3.8) is 0 Å². The number of benzene rings is 3. The molecule has 0 aliphatic rings. The Bertz CT molecular complexity index is 1270. The fourth-order valence-electron chi connectivity index (χ4n) is 3.36. The van der Waals surface area contributed by atoms with Gasteiger partial charge in [-0.1, -0.05) is 35.2 Å². The topological polar surface area (TPSA) is 113 Å². The monoisotopic (exact) mass is 501 g/mol. The van der Waals surface area contributed by atoms with Gasteiger partial charge in [0.05, 0.1) is 39.9 Å². The molecule has 35 heavy (non-hydrogen) atoms. The molecule has 0 atom stereocenters. The van der Waals surface area contributed by atoms with Crippen LogP contribution in [0.2, 0.25) is 0 Å². The molecule has 2 N–H and O–H groups in total. The van der Waals surface area contributed by atoms with Gasteiger partial charge >= 0.3 is 0 Å². The largest absolute Gasteiger partial charge is 0.504 e. The van der Waals surface area contributed by atoms with Crippen LogP contribution in [0, 0.1) is 0 Å². The Morgan fingerprint density at radius 2 is 1.37 bits per heavy atom. The SMILES string of the molecule is COc1cc(/C=C\c2cc(O)c(OC)c(CONS(=O)(=O)c3ccccc3)c2)cc(OC)c1OC. The van der Waals surface area contributed by atoms with E-state index in [2.05, 4.69) is 4.89 Å². The highest BCUT2D eigenvalue weighted by Gasteiger charge is 2.16. The second-order valence-electron chi connectivity index (χ2n) is 7.21. The number of nitrogens with one attached hydrogen (secondary N) is 1. The van der Waals surface area contributed by atoms with E-state index in [-0.39, 0.29) is 23.0 Å². The lowest BCUT2D eigenvalue weighted by atomic mass is 10.1. The summed E-state index contributed by atoms with van der Waals surface area (Å²) in [7, 11) is 2.13. The quantitative estimate of drug-likeness (QED) is 0.299. The first-order valence-corrected chi connectivity index (χ1v) is 11.9. The van der Waals surface area contributed by atoms with Gasteiger partial charge < -0.3 is 24.1 Å². The number of sulfonamides is 1. The third-order valence-corrected chi connectivity index (χ3v) is 6.21. The zero-order valence-corrected chi connectivity index (χ0v) is 20.6. The van der Waals surface area contributed by atoms with Crippen LogP contribution in [0.3, 0.4) is 0 Å². The lowest BCUT2D eigenvalue weighted by Gasteiger charge is -2.13. The average Bonchev–Trinajstić information content (AvgIpc) is 2.87. The van der Waals surface area contributed by atoms with Gasteiger partial charge in [0.25, 0.3) is 10.0 Å².